The number of aliphatic imine (C=N–C) groups is 1. The number of nitrogens with two attached hydrogens (primary N) is 1. The smallest absolute Gasteiger partial charge is 0.358 e. The van der Waals surface area contributed by atoms with Gasteiger partial charge in [0.05, 0.1) is 36.2 Å². The van der Waals surface area contributed by atoms with Crippen LogP contribution >= 0.6 is 11.6 Å². The quantitative estimate of drug-likeness (QED) is 0.384. The van der Waals surface area contributed by atoms with Gasteiger partial charge in [-0.1, -0.05) is 37.6 Å². The van der Waals surface area contributed by atoms with E-state index in [0.29, 0.717) is 33.2 Å². The molecule has 1 amide bonds. The molecule has 1 aliphatic heterocycles. The number of rotatable bonds is 7. The molecule has 10 heteroatoms. The Bertz CT molecular complexity index is 1300. The Balaban J connectivity index is 1.54. The number of esters is 1. The largest absolute Gasteiger partial charge is 0.459 e. The number of hydrogen-bond donors (Lipinski definition) is 2. The highest BCUT2D eigenvalue weighted by atomic mass is 35.5. The number of carbonyl (C=O) groups excluding carboxylic acids is 2. The van der Waals surface area contributed by atoms with Crippen LogP contribution in [0, 0.1) is 11.7 Å². The lowest BCUT2D eigenvalue weighted by atomic mass is 10.00. The van der Waals surface area contributed by atoms with E-state index in [1.165, 1.54) is 6.07 Å². The van der Waals surface area contributed by atoms with Crippen molar-refractivity contribution in [3.8, 4) is 5.69 Å². The Kier molecular flexibility index (Phi) is 7.28. The summed E-state index contributed by atoms with van der Waals surface area (Å²) in [4.78, 5) is 29.1. The lowest BCUT2D eigenvalue weighted by molar-refractivity contribution is -0.123. The van der Waals surface area contributed by atoms with Crippen LogP contribution in [0.15, 0.2) is 53.5 Å². The minimum Gasteiger partial charge on any atom is -0.459 e. The van der Waals surface area contributed by atoms with Crippen molar-refractivity contribution >= 4 is 29.2 Å². The van der Waals surface area contributed by atoms with E-state index in [-0.39, 0.29) is 37.2 Å². The van der Waals surface area contributed by atoms with Crippen LogP contribution in [0.3, 0.4) is 0 Å². The van der Waals surface area contributed by atoms with Crippen molar-refractivity contribution in [1.29, 1.82) is 0 Å². The molecule has 2 heterocycles. The van der Waals surface area contributed by atoms with Crippen molar-refractivity contribution in [2.24, 2.45) is 16.6 Å². The lowest BCUT2D eigenvalue weighted by Crippen LogP contribution is -2.44. The highest BCUT2D eigenvalue weighted by Crippen LogP contribution is 2.28. The molecule has 0 saturated carbocycles. The van der Waals surface area contributed by atoms with Gasteiger partial charge in [0.2, 0.25) is 5.91 Å². The summed E-state index contributed by atoms with van der Waals surface area (Å²) < 4.78 is 21.4. The van der Waals surface area contributed by atoms with E-state index in [1.807, 2.05) is 13.8 Å². The average Bonchev–Trinajstić information content (AvgIpc) is 3.20. The van der Waals surface area contributed by atoms with Gasteiger partial charge in [-0.15, -0.1) is 0 Å². The molecule has 35 heavy (non-hydrogen) atoms. The number of benzene rings is 2. The molecule has 3 aromatic rings. The molecule has 0 saturated heterocycles. The summed E-state index contributed by atoms with van der Waals surface area (Å²) in [5, 5.41) is 7.53. The Labute approximate surface area is 206 Å². The molecule has 0 aliphatic carbocycles. The average molecular weight is 498 g/mol. The number of carbonyl (C=O) groups is 2. The molecule has 4 rings (SSSR count). The molecule has 182 valence electrons. The first-order valence-electron chi connectivity index (χ1n) is 11.1. The fourth-order valence-electron chi connectivity index (χ4n) is 3.66. The molecule has 3 N–H and O–H groups in total. The maximum absolute atomic E-state index is 14.6. The zero-order valence-electron chi connectivity index (χ0n) is 19.3. The SMILES string of the molecule is CC(C)[C@H](N)C(=O)NCCOC(=O)c1cc2n(n1)-c1ccc(Cl)cc1C(c1ccccc1F)=NC2. The van der Waals surface area contributed by atoms with Gasteiger partial charge in [0.15, 0.2) is 5.69 Å². The first-order valence-corrected chi connectivity index (χ1v) is 11.5. The topological polar surface area (TPSA) is 112 Å². The predicted molar refractivity (Wildman–Crippen MR) is 130 cm³/mol. The number of ether oxygens (including phenoxy) is 1. The first kappa shape index (κ1) is 24.6. The van der Waals surface area contributed by atoms with E-state index >= 15 is 0 Å². The Morgan fingerprint density at radius 2 is 1.97 bits per heavy atom. The third-order valence-electron chi connectivity index (χ3n) is 5.62. The number of halogens is 2. The third kappa shape index (κ3) is 5.26. The van der Waals surface area contributed by atoms with Crippen molar-refractivity contribution in [2.45, 2.75) is 26.4 Å². The normalized spacial score (nSPS) is 13.4. The van der Waals surface area contributed by atoms with Crippen LogP contribution in [0.25, 0.3) is 5.69 Å². The van der Waals surface area contributed by atoms with Crippen molar-refractivity contribution in [1.82, 2.24) is 15.1 Å². The van der Waals surface area contributed by atoms with Crippen LogP contribution in [-0.2, 0) is 16.1 Å². The van der Waals surface area contributed by atoms with E-state index in [2.05, 4.69) is 15.4 Å². The number of fused-ring (bicyclic) bond motifs is 3. The Morgan fingerprint density at radius 1 is 1.20 bits per heavy atom. The van der Waals surface area contributed by atoms with E-state index in [4.69, 9.17) is 22.1 Å². The standard InChI is InChI=1S/C25H25ClFN5O3/c1-14(2)22(28)24(33)29-9-10-35-25(34)20-12-16-13-30-23(17-5-3-4-6-19(17)27)18-11-15(26)7-8-21(18)32(16)31-20/h3-8,11-12,14,22H,9-10,13,28H2,1-2H3,(H,29,33)/t22-/m0/s1. The molecule has 1 aromatic heterocycles. The van der Waals surface area contributed by atoms with Gasteiger partial charge in [0.1, 0.15) is 12.4 Å². The number of hydrogen-bond acceptors (Lipinski definition) is 6. The molecular weight excluding hydrogens is 473 g/mol. The maximum atomic E-state index is 14.6. The van der Waals surface area contributed by atoms with E-state index in [0.717, 1.165) is 0 Å². The zero-order chi connectivity index (χ0) is 25.1. The van der Waals surface area contributed by atoms with Crippen LogP contribution in [0.1, 0.15) is 41.2 Å². The lowest BCUT2D eigenvalue weighted by Gasteiger charge is -2.15. The molecule has 0 radical (unpaired) electrons. The molecular formula is C25H25ClFN5O3. The molecule has 0 spiro atoms. The van der Waals surface area contributed by atoms with Gasteiger partial charge in [-0.2, -0.15) is 5.10 Å². The number of nitrogens with zero attached hydrogens (tertiary/aromatic N) is 3. The third-order valence-corrected chi connectivity index (χ3v) is 5.85. The van der Waals surface area contributed by atoms with Crippen LogP contribution < -0.4 is 11.1 Å². The summed E-state index contributed by atoms with van der Waals surface area (Å²) in [7, 11) is 0. The summed E-state index contributed by atoms with van der Waals surface area (Å²) in [5.41, 5.74) is 8.51. The second-order valence-corrected chi connectivity index (χ2v) is 8.87. The Morgan fingerprint density at radius 3 is 2.71 bits per heavy atom. The monoisotopic (exact) mass is 497 g/mol. The summed E-state index contributed by atoms with van der Waals surface area (Å²) in [6.45, 7) is 3.97. The highest BCUT2D eigenvalue weighted by molar-refractivity contribution is 6.31. The minimum atomic E-state index is -0.637. The van der Waals surface area contributed by atoms with Crippen molar-refractivity contribution < 1.29 is 18.7 Å². The van der Waals surface area contributed by atoms with Gasteiger partial charge < -0.3 is 15.8 Å². The van der Waals surface area contributed by atoms with Gasteiger partial charge in [-0.05, 0) is 42.3 Å². The molecule has 1 atom stereocenters. The van der Waals surface area contributed by atoms with Gasteiger partial charge in [0.25, 0.3) is 0 Å². The second-order valence-electron chi connectivity index (χ2n) is 8.44. The highest BCUT2D eigenvalue weighted by Gasteiger charge is 2.24. The van der Waals surface area contributed by atoms with E-state index in [1.54, 1.807) is 47.1 Å². The number of aromatic nitrogens is 2. The number of nitrogens with one attached hydrogen (secondary N) is 1. The first-order chi connectivity index (χ1) is 16.8. The summed E-state index contributed by atoms with van der Waals surface area (Å²) >= 11 is 6.24. The molecule has 8 nitrogen and oxygen atoms in total. The van der Waals surface area contributed by atoms with Crippen LogP contribution in [-0.4, -0.2) is 46.6 Å². The van der Waals surface area contributed by atoms with Crippen molar-refractivity contribution in [3.63, 3.8) is 0 Å². The molecule has 0 bridgehead atoms. The maximum Gasteiger partial charge on any atom is 0.358 e. The summed E-state index contributed by atoms with van der Waals surface area (Å²) in [6.07, 6.45) is 0. The summed E-state index contributed by atoms with van der Waals surface area (Å²) in [6, 6.07) is 12.5. The summed E-state index contributed by atoms with van der Waals surface area (Å²) in [5.74, 6) is -1.34. The predicted octanol–water partition coefficient (Wildman–Crippen LogP) is 3.27. The number of amides is 1. The van der Waals surface area contributed by atoms with E-state index in [9.17, 15) is 14.0 Å². The molecule has 1 aliphatic rings. The van der Waals surface area contributed by atoms with Crippen molar-refractivity contribution in [2.75, 3.05) is 13.2 Å². The van der Waals surface area contributed by atoms with Gasteiger partial charge in [-0.3, -0.25) is 9.79 Å². The Hall–Kier alpha value is -3.56. The molecule has 0 fully saturated rings. The zero-order valence-corrected chi connectivity index (χ0v) is 20.1. The molecule has 0 unspecified atom stereocenters. The second kappa shape index (κ2) is 10.4. The van der Waals surface area contributed by atoms with Gasteiger partial charge in [-0.25, -0.2) is 13.9 Å². The van der Waals surface area contributed by atoms with Crippen molar-refractivity contribution in [3.05, 3.63) is 81.9 Å². The minimum absolute atomic E-state index is 0.00202. The van der Waals surface area contributed by atoms with Crippen LogP contribution in [0.2, 0.25) is 5.02 Å². The van der Waals surface area contributed by atoms with Gasteiger partial charge in [0, 0.05) is 16.1 Å². The van der Waals surface area contributed by atoms with E-state index < -0.39 is 17.8 Å². The molecule has 2 aromatic carbocycles. The fourth-order valence-corrected chi connectivity index (χ4v) is 3.84. The van der Waals surface area contributed by atoms with Gasteiger partial charge >= 0.3 is 5.97 Å². The van der Waals surface area contributed by atoms with Crippen LogP contribution in [0.5, 0.6) is 0 Å². The fraction of sp³-hybridized carbons (Fsp3) is 0.280. The van der Waals surface area contributed by atoms with Crippen LogP contribution in [0.4, 0.5) is 4.39 Å².